The minimum atomic E-state index is 0.158. The fourth-order valence-electron chi connectivity index (χ4n) is 1.66. The molecule has 1 nitrogen and oxygen atoms in total. The van der Waals surface area contributed by atoms with Gasteiger partial charge in [-0.2, -0.15) is 0 Å². The molecular formula is C15H21ClO. The lowest BCUT2D eigenvalue weighted by Crippen LogP contribution is -2.09. The lowest BCUT2D eigenvalue weighted by molar-refractivity contribution is 0.0650. The van der Waals surface area contributed by atoms with Crippen LogP contribution in [0, 0.1) is 0 Å². The van der Waals surface area contributed by atoms with Crippen LogP contribution in [0.4, 0.5) is 0 Å². The maximum atomic E-state index is 5.81. The summed E-state index contributed by atoms with van der Waals surface area (Å²) in [4.78, 5) is 0. The summed E-state index contributed by atoms with van der Waals surface area (Å²) in [7, 11) is 0. The van der Waals surface area contributed by atoms with E-state index in [-0.39, 0.29) is 6.10 Å². The Hall–Kier alpha value is -0.790. The topological polar surface area (TPSA) is 9.23 Å². The zero-order chi connectivity index (χ0) is 12.3. The summed E-state index contributed by atoms with van der Waals surface area (Å²) in [5.41, 5.74) is 1.21. The zero-order valence-electron chi connectivity index (χ0n) is 10.3. The van der Waals surface area contributed by atoms with E-state index in [0.717, 1.165) is 25.1 Å². The smallest absolute Gasteiger partial charge is 0.0757 e. The molecular weight excluding hydrogens is 232 g/mol. The number of alkyl halides is 1. The average molecular weight is 253 g/mol. The van der Waals surface area contributed by atoms with Gasteiger partial charge >= 0.3 is 0 Å². The number of hydrogen-bond acceptors (Lipinski definition) is 1. The minimum absolute atomic E-state index is 0.158. The summed E-state index contributed by atoms with van der Waals surface area (Å²) in [6.45, 7) is 4.48. The Morgan fingerprint density at radius 2 is 1.94 bits per heavy atom. The van der Waals surface area contributed by atoms with Gasteiger partial charge in [-0.1, -0.05) is 49.2 Å². The predicted molar refractivity (Wildman–Crippen MR) is 74.4 cm³/mol. The second-order valence-corrected chi connectivity index (χ2v) is 4.49. The molecule has 0 amide bonds. The summed E-state index contributed by atoms with van der Waals surface area (Å²) in [6, 6.07) is 10.2. The SMILES string of the molecule is C=CC(CCCCCCl)OCc1ccccc1. The number of benzene rings is 1. The molecule has 0 aliphatic carbocycles. The molecule has 17 heavy (non-hydrogen) atoms. The average Bonchev–Trinajstić information content (AvgIpc) is 2.39. The van der Waals surface area contributed by atoms with Crippen molar-refractivity contribution in [3.8, 4) is 0 Å². The maximum Gasteiger partial charge on any atom is 0.0757 e. The van der Waals surface area contributed by atoms with Crippen molar-refractivity contribution in [1.82, 2.24) is 0 Å². The Morgan fingerprint density at radius 3 is 2.59 bits per heavy atom. The van der Waals surface area contributed by atoms with Gasteiger partial charge in [0, 0.05) is 5.88 Å². The van der Waals surface area contributed by atoms with Crippen molar-refractivity contribution in [2.75, 3.05) is 5.88 Å². The van der Waals surface area contributed by atoms with Crippen LogP contribution < -0.4 is 0 Å². The van der Waals surface area contributed by atoms with Crippen molar-refractivity contribution in [3.05, 3.63) is 48.6 Å². The van der Waals surface area contributed by atoms with Crippen LogP contribution in [0.3, 0.4) is 0 Å². The van der Waals surface area contributed by atoms with E-state index in [1.165, 1.54) is 12.0 Å². The van der Waals surface area contributed by atoms with E-state index in [2.05, 4.69) is 18.7 Å². The third-order valence-corrected chi connectivity index (χ3v) is 2.96. The Kier molecular flexibility index (Phi) is 7.78. The van der Waals surface area contributed by atoms with Gasteiger partial charge in [0.25, 0.3) is 0 Å². The van der Waals surface area contributed by atoms with Crippen LogP contribution in [-0.2, 0) is 11.3 Å². The number of halogens is 1. The van der Waals surface area contributed by atoms with E-state index in [4.69, 9.17) is 16.3 Å². The fourth-order valence-corrected chi connectivity index (χ4v) is 1.85. The van der Waals surface area contributed by atoms with Crippen LogP contribution in [0.25, 0.3) is 0 Å². The molecule has 1 rings (SSSR count). The van der Waals surface area contributed by atoms with Crippen molar-refractivity contribution in [2.45, 2.75) is 38.4 Å². The second-order valence-electron chi connectivity index (χ2n) is 4.11. The van der Waals surface area contributed by atoms with E-state index in [1.54, 1.807) is 0 Å². The van der Waals surface area contributed by atoms with Gasteiger partial charge in [-0.3, -0.25) is 0 Å². The van der Waals surface area contributed by atoms with Crippen LogP contribution in [-0.4, -0.2) is 12.0 Å². The van der Waals surface area contributed by atoms with Crippen LogP contribution >= 0.6 is 11.6 Å². The lowest BCUT2D eigenvalue weighted by atomic mass is 10.1. The Balaban J connectivity index is 2.20. The summed E-state index contributed by atoms with van der Waals surface area (Å²) < 4.78 is 5.81. The van der Waals surface area contributed by atoms with E-state index in [9.17, 15) is 0 Å². The molecule has 1 aromatic rings. The first kappa shape index (κ1) is 14.3. The maximum absolute atomic E-state index is 5.81. The molecule has 0 spiro atoms. The van der Waals surface area contributed by atoms with Crippen LogP contribution in [0.5, 0.6) is 0 Å². The Labute approximate surface area is 109 Å². The van der Waals surface area contributed by atoms with E-state index < -0.39 is 0 Å². The quantitative estimate of drug-likeness (QED) is 0.356. The molecule has 94 valence electrons. The van der Waals surface area contributed by atoms with Gasteiger partial charge in [0.05, 0.1) is 12.7 Å². The number of unbranched alkanes of at least 4 members (excludes halogenated alkanes) is 2. The normalized spacial score (nSPS) is 12.3. The lowest BCUT2D eigenvalue weighted by Gasteiger charge is -2.13. The first-order valence-corrected chi connectivity index (χ1v) is 6.74. The summed E-state index contributed by atoms with van der Waals surface area (Å²) in [5, 5.41) is 0. The summed E-state index contributed by atoms with van der Waals surface area (Å²) in [6.07, 6.45) is 6.49. The standard InChI is InChI=1S/C15H21ClO/c1-2-15(11-7-4-8-12-16)17-13-14-9-5-3-6-10-14/h2-3,5-6,9-10,15H,1,4,7-8,11-13H2. The molecule has 1 unspecified atom stereocenters. The molecule has 0 aliphatic heterocycles. The highest BCUT2D eigenvalue weighted by molar-refractivity contribution is 6.17. The van der Waals surface area contributed by atoms with Crippen molar-refractivity contribution >= 4 is 11.6 Å². The van der Waals surface area contributed by atoms with Gasteiger partial charge in [0.1, 0.15) is 0 Å². The van der Waals surface area contributed by atoms with Crippen molar-refractivity contribution in [3.63, 3.8) is 0 Å². The van der Waals surface area contributed by atoms with Crippen molar-refractivity contribution < 1.29 is 4.74 Å². The molecule has 0 fully saturated rings. The van der Waals surface area contributed by atoms with Gasteiger partial charge in [-0.05, 0) is 18.4 Å². The predicted octanol–water partition coefficient (Wildman–Crippen LogP) is 4.56. The Morgan fingerprint density at radius 1 is 1.18 bits per heavy atom. The first-order valence-electron chi connectivity index (χ1n) is 6.21. The third-order valence-electron chi connectivity index (χ3n) is 2.69. The number of ether oxygens (including phenoxy) is 1. The molecule has 0 radical (unpaired) electrons. The monoisotopic (exact) mass is 252 g/mol. The highest BCUT2D eigenvalue weighted by Gasteiger charge is 2.04. The highest BCUT2D eigenvalue weighted by Crippen LogP contribution is 2.11. The van der Waals surface area contributed by atoms with E-state index in [1.807, 2.05) is 24.3 Å². The molecule has 0 saturated carbocycles. The van der Waals surface area contributed by atoms with Crippen LogP contribution in [0.2, 0.25) is 0 Å². The number of hydrogen-bond donors (Lipinski definition) is 0. The van der Waals surface area contributed by atoms with E-state index >= 15 is 0 Å². The molecule has 2 heteroatoms. The van der Waals surface area contributed by atoms with Gasteiger partial charge in [-0.15, -0.1) is 18.2 Å². The van der Waals surface area contributed by atoms with Crippen LogP contribution in [0.1, 0.15) is 31.2 Å². The largest absolute Gasteiger partial charge is 0.369 e. The van der Waals surface area contributed by atoms with Crippen molar-refractivity contribution in [1.29, 1.82) is 0 Å². The summed E-state index contributed by atoms with van der Waals surface area (Å²) in [5.74, 6) is 0.754. The molecule has 1 aromatic carbocycles. The molecule has 0 saturated heterocycles. The van der Waals surface area contributed by atoms with Gasteiger partial charge in [0.15, 0.2) is 0 Å². The van der Waals surface area contributed by atoms with E-state index in [0.29, 0.717) is 6.61 Å². The first-order chi connectivity index (χ1) is 8.36. The minimum Gasteiger partial charge on any atom is -0.369 e. The highest BCUT2D eigenvalue weighted by atomic mass is 35.5. The third kappa shape index (κ3) is 6.50. The van der Waals surface area contributed by atoms with Gasteiger partial charge < -0.3 is 4.74 Å². The molecule has 1 atom stereocenters. The molecule has 0 bridgehead atoms. The second kappa shape index (κ2) is 9.26. The molecule has 0 aromatic heterocycles. The van der Waals surface area contributed by atoms with Crippen LogP contribution in [0.15, 0.2) is 43.0 Å². The Bertz CT molecular complexity index is 297. The zero-order valence-corrected chi connectivity index (χ0v) is 11.0. The molecule has 0 N–H and O–H groups in total. The number of rotatable bonds is 9. The molecule has 0 heterocycles. The van der Waals surface area contributed by atoms with Crippen molar-refractivity contribution in [2.24, 2.45) is 0 Å². The summed E-state index contributed by atoms with van der Waals surface area (Å²) >= 11 is 5.64. The van der Waals surface area contributed by atoms with Gasteiger partial charge in [-0.25, -0.2) is 0 Å². The fraction of sp³-hybridized carbons (Fsp3) is 0.467. The molecule has 0 aliphatic rings. The van der Waals surface area contributed by atoms with Gasteiger partial charge in [0.2, 0.25) is 0 Å².